The molecular formula is C42H62N4O19. The van der Waals surface area contributed by atoms with Crippen molar-refractivity contribution in [2.45, 2.75) is 112 Å². The van der Waals surface area contributed by atoms with Gasteiger partial charge >= 0.3 is 0 Å². The summed E-state index contributed by atoms with van der Waals surface area (Å²) in [5, 5.41) is 105. The van der Waals surface area contributed by atoms with Gasteiger partial charge in [0.25, 0.3) is 11.8 Å². The molecule has 0 bridgehead atoms. The Balaban J connectivity index is 1.10. The highest BCUT2D eigenvalue weighted by molar-refractivity contribution is 5.95. The van der Waals surface area contributed by atoms with Crippen molar-refractivity contribution in [3.8, 4) is 16.9 Å². The van der Waals surface area contributed by atoms with Gasteiger partial charge in [-0.05, 0) is 48.4 Å². The van der Waals surface area contributed by atoms with Gasteiger partial charge in [0.15, 0.2) is 25.5 Å². The fraction of sp³-hybridized carbons (Fsp3) is 0.643. The second kappa shape index (κ2) is 25.2. The van der Waals surface area contributed by atoms with Crippen molar-refractivity contribution in [3.63, 3.8) is 0 Å². The quantitative estimate of drug-likeness (QED) is 0.0493. The maximum absolute atomic E-state index is 12.6. The zero-order valence-electron chi connectivity index (χ0n) is 36.0. The minimum atomic E-state index is -1.96. The van der Waals surface area contributed by atoms with E-state index in [2.05, 4.69) is 21.3 Å². The van der Waals surface area contributed by atoms with Crippen LogP contribution < -0.4 is 26.0 Å². The summed E-state index contributed by atoms with van der Waals surface area (Å²) in [5.74, 6) is -0.762. The van der Waals surface area contributed by atoms with Crippen molar-refractivity contribution >= 4 is 17.7 Å². The van der Waals surface area contributed by atoms with E-state index >= 15 is 0 Å². The lowest BCUT2D eigenvalue weighted by Crippen LogP contribution is -2.68. The highest BCUT2D eigenvalue weighted by Gasteiger charge is 2.54. The number of ether oxygens (including phenoxy) is 7. The van der Waals surface area contributed by atoms with Gasteiger partial charge in [-0.3, -0.25) is 14.4 Å². The fourth-order valence-corrected chi connectivity index (χ4v) is 7.41. The van der Waals surface area contributed by atoms with Crippen LogP contribution in [0.2, 0.25) is 0 Å². The molecule has 3 aliphatic rings. The molecule has 364 valence electrons. The maximum atomic E-state index is 12.6. The van der Waals surface area contributed by atoms with E-state index in [1.807, 2.05) is 25.1 Å². The second-order valence-corrected chi connectivity index (χ2v) is 15.6. The summed E-state index contributed by atoms with van der Waals surface area (Å²) in [6.45, 7) is 2.52. The van der Waals surface area contributed by atoms with Crippen LogP contribution >= 0.6 is 0 Å². The molecule has 0 radical (unpaired) electrons. The lowest BCUT2D eigenvalue weighted by atomic mass is 9.95. The summed E-state index contributed by atoms with van der Waals surface area (Å²) < 4.78 is 39.7. The summed E-state index contributed by atoms with van der Waals surface area (Å²) in [7, 11) is 0. The van der Waals surface area contributed by atoms with Crippen molar-refractivity contribution in [2.75, 3.05) is 59.2 Å². The monoisotopic (exact) mass is 926 g/mol. The Morgan fingerprint density at radius 3 is 1.97 bits per heavy atom. The molecule has 15 atom stereocenters. The molecule has 2 aromatic rings. The Morgan fingerprint density at radius 2 is 1.31 bits per heavy atom. The number of hydrogen-bond acceptors (Lipinski definition) is 20. The first-order chi connectivity index (χ1) is 31.2. The van der Waals surface area contributed by atoms with Crippen LogP contribution in [0.1, 0.15) is 30.6 Å². The average molecular weight is 927 g/mol. The molecule has 5 rings (SSSR count). The number of benzene rings is 2. The molecule has 3 fully saturated rings. The van der Waals surface area contributed by atoms with Crippen LogP contribution in [0.4, 0.5) is 0 Å². The van der Waals surface area contributed by atoms with Gasteiger partial charge in [-0.1, -0.05) is 31.2 Å². The van der Waals surface area contributed by atoms with Gasteiger partial charge in [0.1, 0.15) is 78.9 Å². The molecule has 0 aromatic heterocycles. The van der Waals surface area contributed by atoms with E-state index in [-0.39, 0.29) is 32.1 Å². The van der Waals surface area contributed by atoms with Gasteiger partial charge in [0.05, 0.1) is 26.4 Å². The molecule has 3 saturated heterocycles. The summed E-state index contributed by atoms with van der Waals surface area (Å²) >= 11 is 0. The molecular weight excluding hydrogens is 864 g/mol. The number of nitrogens with one attached hydrogen (secondary N) is 4. The highest BCUT2D eigenvalue weighted by Crippen LogP contribution is 2.33. The molecule has 13 N–H and O–H groups in total. The van der Waals surface area contributed by atoms with E-state index in [1.54, 1.807) is 30.3 Å². The molecule has 0 spiro atoms. The van der Waals surface area contributed by atoms with E-state index in [0.29, 0.717) is 24.4 Å². The first-order valence-corrected chi connectivity index (χ1v) is 21.4. The fourth-order valence-electron chi connectivity index (χ4n) is 7.41. The minimum absolute atomic E-state index is 0.0594. The van der Waals surface area contributed by atoms with Gasteiger partial charge in [-0.25, -0.2) is 0 Å². The molecule has 3 amide bonds. The number of aliphatic hydroxyl groups is 9. The number of likely N-dealkylation sites (N-methyl/N-ethyl adjacent to an activating group) is 1. The van der Waals surface area contributed by atoms with Crippen LogP contribution in [0.5, 0.6) is 5.75 Å². The lowest BCUT2D eigenvalue weighted by molar-refractivity contribution is -0.376. The number of carbonyl (C=O) groups is 3. The van der Waals surface area contributed by atoms with Gasteiger partial charge in [-0.15, -0.1) is 0 Å². The van der Waals surface area contributed by atoms with E-state index in [1.165, 1.54) is 6.92 Å². The molecule has 23 nitrogen and oxygen atoms in total. The number of carbonyl (C=O) groups excluding carboxylic acids is 3. The second-order valence-electron chi connectivity index (χ2n) is 15.6. The molecule has 2 aromatic carbocycles. The van der Waals surface area contributed by atoms with Gasteiger partial charge in [-0.2, -0.15) is 0 Å². The molecule has 23 heteroatoms. The van der Waals surface area contributed by atoms with Gasteiger partial charge < -0.3 is 100 Å². The van der Waals surface area contributed by atoms with E-state index in [4.69, 9.17) is 33.2 Å². The zero-order valence-corrected chi connectivity index (χ0v) is 36.0. The zero-order chi connectivity index (χ0) is 47.2. The lowest BCUT2D eigenvalue weighted by Gasteiger charge is -2.48. The Hall–Kier alpha value is -3.99. The topological polar surface area (TPSA) is 346 Å². The third-order valence-electron chi connectivity index (χ3n) is 10.9. The van der Waals surface area contributed by atoms with Crippen LogP contribution in [0.15, 0.2) is 48.5 Å². The summed E-state index contributed by atoms with van der Waals surface area (Å²) in [5.41, 5.74) is 2.21. The van der Waals surface area contributed by atoms with Crippen molar-refractivity contribution < 1.29 is 93.5 Å². The molecule has 9 unspecified atom stereocenters. The molecule has 0 saturated carbocycles. The SMILES string of the molecule is CCNCCNC(=O)c1cccc(-c2ccc(OCC(=O)NCCCO[C@@H]3OC(CO)[C@@H](O[C@@H]4OC(CO)[C@H](O)C(O[C@H]5OC(CO)[C@H](O)C(O)C5O)C4O)C(O)C3NC(C)=O)cc2)c1. The standard InChI is InChI=1S/C42H62N4O19/c1-3-43-13-14-45-39(58)24-7-4-6-23(16-24)22-8-10-25(11-9-22)60-20-29(51)44-12-5-15-59-40-30(46-21(2)50)33(54)37(28(19-49)63-40)64-42-36(57)38(32(53)27(18-48)62-42)65-41-35(56)34(55)31(52)26(17-47)61-41/h4,6-11,16,26-28,30-38,40-43,47-49,52-57H,3,5,12-15,17-20H2,1-2H3,(H,44,51)(H,45,58)(H,46,50)/t26?,27?,28?,30?,31-,32-,33?,34?,35?,36?,37+,38?,40+,41+,42-/m0/s1. The Morgan fingerprint density at radius 1 is 0.662 bits per heavy atom. The Labute approximate surface area is 374 Å². The first kappa shape index (κ1) is 52.0. The Bertz CT molecular complexity index is 1800. The number of hydrogen-bond donors (Lipinski definition) is 13. The van der Waals surface area contributed by atoms with E-state index in [0.717, 1.165) is 17.7 Å². The number of aliphatic hydroxyl groups excluding tert-OH is 9. The van der Waals surface area contributed by atoms with Crippen LogP contribution in [0, 0.1) is 0 Å². The van der Waals surface area contributed by atoms with Gasteiger partial charge in [0, 0.05) is 32.1 Å². The van der Waals surface area contributed by atoms with Crippen LogP contribution in [0.25, 0.3) is 11.1 Å². The molecule has 3 heterocycles. The van der Waals surface area contributed by atoms with Crippen molar-refractivity contribution in [1.82, 2.24) is 21.3 Å². The predicted octanol–water partition coefficient (Wildman–Crippen LogP) is -4.81. The normalized spacial score (nSPS) is 32.6. The number of rotatable bonds is 22. The third-order valence-corrected chi connectivity index (χ3v) is 10.9. The smallest absolute Gasteiger partial charge is 0.257 e. The third kappa shape index (κ3) is 13.8. The highest BCUT2D eigenvalue weighted by atomic mass is 16.8. The van der Waals surface area contributed by atoms with E-state index < -0.39 is 124 Å². The van der Waals surface area contributed by atoms with Crippen LogP contribution in [0.3, 0.4) is 0 Å². The van der Waals surface area contributed by atoms with Gasteiger partial charge in [0.2, 0.25) is 5.91 Å². The summed E-state index contributed by atoms with van der Waals surface area (Å²) in [6.07, 6.45) is -23.3. The Kier molecular flexibility index (Phi) is 20.2. The largest absolute Gasteiger partial charge is 0.484 e. The van der Waals surface area contributed by atoms with Crippen molar-refractivity contribution in [1.29, 1.82) is 0 Å². The molecule has 0 aliphatic carbocycles. The summed E-state index contributed by atoms with van der Waals surface area (Å²) in [6, 6.07) is 12.9. The first-order valence-electron chi connectivity index (χ1n) is 21.4. The average Bonchev–Trinajstić information content (AvgIpc) is 3.30. The van der Waals surface area contributed by atoms with Crippen LogP contribution in [-0.2, 0) is 38.0 Å². The molecule has 3 aliphatic heterocycles. The van der Waals surface area contributed by atoms with Crippen molar-refractivity contribution in [3.05, 3.63) is 54.1 Å². The molecule has 65 heavy (non-hydrogen) atoms. The minimum Gasteiger partial charge on any atom is -0.484 e. The summed E-state index contributed by atoms with van der Waals surface area (Å²) in [4.78, 5) is 37.3. The predicted molar refractivity (Wildman–Crippen MR) is 222 cm³/mol. The van der Waals surface area contributed by atoms with Crippen molar-refractivity contribution in [2.24, 2.45) is 0 Å². The maximum Gasteiger partial charge on any atom is 0.257 e. The number of amides is 3. The van der Waals surface area contributed by atoms with Crippen LogP contribution in [-0.4, -0.2) is 215 Å². The van der Waals surface area contributed by atoms with E-state index in [9.17, 15) is 60.3 Å².